The Balaban J connectivity index is 2.08. The fourth-order valence-corrected chi connectivity index (χ4v) is 1.52. The zero-order chi connectivity index (χ0) is 9.10. The van der Waals surface area contributed by atoms with E-state index in [1.54, 1.807) is 6.20 Å². The molecule has 13 heavy (non-hydrogen) atoms. The van der Waals surface area contributed by atoms with E-state index in [0.29, 0.717) is 0 Å². The molecule has 0 saturated heterocycles. The van der Waals surface area contributed by atoms with Gasteiger partial charge in [0.15, 0.2) is 5.82 Å². The van der Waals surface area contributed by atoms with Crippen LogP contribution >= 0.6 is 11.3 Å². The number of H-pyrrole nitrogens is 1. The Hall–Kier alpha value is -1.56. The molecule has 0 aliphatic rings. The van der Waals surface area contributed by atoms with Crippen LogP contribution in [0.25, 0.3) is 0 Å². The summed E-state index contributed by atoms with van der Waals surface area (Å²) < 4.78 is 0. The van der Waals surface area contributed by atoms with Crippen molar-refractivity contribution in [1.29, 1.82) is 0 Å². The number of carbonyl (C=O) groups excluding carboxylic acids is 1. The van der Waals surface area contributed by atoms with Crippen LogP contribution < -0.4 is 0 Å². The summed E-state index contributed by atoms with van der Waals surface area (Å²) in [6, 6.07) is 0. The number of nitrogens with one attached hydrogen (secondary N) is 1. The molecule has 0 aromatic carbocycles. The normalized spacial score (nSPS) is 10.2. The van der Waals surface area contributed by atoms with Gasteiger partial charge in [-0.1, -0.05) is 0 Å². The number of hydrogen-bond donors (Lipinski definition) is 1. The zero-order valence-corrected chi connectivity index (χ0v) is 7.41. The number of rotatable bonds is 3. The highest BCUT2D eigenvalue weighted by atomic mass is 32.1. The van der Waals surface area contributed by atoms with Crippen molar-refractivity contribution in [2.24, 2.45) is 0 Å². The third-order valence-electron chi connectivity index (χ3n) is 1.47. The lowest BCUT2D eigenvalue weighted by atomic mass is 10.3. The predicted octanol–water partition coefficient (Wildman–Crippen LogP) is 0.687. The van der Waals surface area contributed by atoms with Crippen molar-refractivity contribution in [1.82, 2.24) is 20.2 Å². The van der Waals surface area contributed by atoms with Crippen LogP contribution in [0, 0.1) is 0 Å². The van der Waals surface area contributed by atoms with Crippen molar-refractivity contribution in [2.75, 3.05) is 0 Å². The van der Waals surface area contributed by atoms with Crippen molar-refractivity contribution >= 4 is 17.1 Å². The minimum Gasteiger partial charge on any atom is -0.290 e. The van der Waals surface area contributed by atoms with Gasteiger partial charge in [-0.15, -0.1) is 11.3 Å². The molecule has 0 aliphatic heterocycles. The quantitative estimate of drug-likeness (QED) is 0.729. The standard InChI is InChI=1S/C7H6N4OS/c12-5(7-9-4-10-11-7)3-6-8-1-2-13-6/h1-2,4H,3H2,(H,9,10,11). The molecule has 2 heterocycles. The minimum atomic E-state index is -0.0903. The smallest absolute Gasteiger partial charge is 0.206 e. The highest BCUT2D eigenvalue weighted by Gasteiger charge is 2.10. The SMILES string of the molecule is O=C(Cc1nccs1)c1ncn[nH]1. The second kappa shape index (κ2) is 3.44. The first-order valence-corrected chi connectivity index (χ1v) is 4.51. The molecule has 0 atom stereocenters. The third-order valence-corrected chi connectivity index (χ3v) is 2.25. The first kappa shape index (κ1) is 8.06. The molecule has 0 unspecified atom stereocenters. The lowest BCUT2D eigenvalue weighted by molar-refractivity contribution is 0.0983. The second-order valence-corrected chi connectivity index (χ2v) is 3.34. The summed E-state index contributed by atoms with van der Waals surface area (Å²) in [5, 5.41) is 8.74. The number of aromatic amines is 1. The fraction of sp³-hybridized carbons (Fsp3) is 0.143. The molecule has 1 N–H and O–H groups in total. The van der Waals surface area contributed by atoms with Gasteiger partial charge in [0.1, 0.15) is 11.3 Å². The van der Waals surface area contributed by atoms with Crippen LogP contribution in [0.1, 0.15) is 15.6 Å². The number of hydrogen-bond acceptors (Lipinski definition) is 5. The predicted molar refractivity (Wildman–Crippen MR) is 46.5 cm³/mol. The van der Waals surface area contributed by atoms with Gasteiger partial charge >= 0.3 is 0 Å². The van der Waals surface area contributed by atoms with Crippen LogP contribution in [0.5, 0.6) is 0 Å². The van der Waals surface area contributed by atoms with E-state index in [1.165, 1.54) is 17.7 Å². The van der Waals surface area contributed by atoms with Crippen molar-refractivity contribution < 1.29 is 4.79 Å². The first-order valence-electron chi connectivity index (χ1n) is 3.63. The number of carbonyl (C=O) groups is 1. The number of aromatic nitrogens is 4. The highest BCUT2D eigenvalue weighted by molar-refractivity contribution is 7.09. The summed E-state index contributed by atoms with van der Waals surface area (Å²) in [6.07, 6.45) is 3.27. The van der Waals surface area contributed by atoms with Gasteiger partial charge in [-0.3, -0.25) is 9.89 Å². The Labute approximate surface area is 77.9 Å². The average Bonchev–Trinajstić information content (AvgIpc) is 2.74. The van der Waals surface area contributed by atoms with Gasteiger partial charge < -0.3 is 0 Å². The third kappa shape index (κ3) is 1.78. The van der Waals surface area contributed by atoms with Gasteiger partial charge in [0.05, 0.1) is 6.42 Å². The van der Waals surface area contributed by atoms with Crippen LogP contribution in [0.2, 0.25) is 0 Å². The van der Waals surface area contributed by atoms with Crippen molar-refractivity contribution in [2.45, 2.75) is 6.42 Å². The Morgan fingerprint density at radius 2 is 2.46 bits per heavy atom. The molecule has 0 fully saturated rings. The van der Waals surface area contributed by atoms with Crippen molar-refractivity contribution in [3.63, 3.8) is 0 Å². The molecular formula is C7H6N4OS. The molecular weight excluding hydrogens is 188 g/mol. The van der Waals surface area contributed by atoms with Gasteiger partial charge in [0.25, 0.3) is 0 Å². The molecule has 2 rings (SSSR count). The molecule has 0 saturated carbocycles. The van der Waals surface area contributed by atoms with Crippen molar-refractivity contribution in [3.05, 3.63) is 28.7 Å². The molecule has 5 nitrogen and oxygen atoms in total. The number of thiazole rings is 1. The minimum absolute atomic E-state index is 0.0903. The molecule has 2 aromatic heterocycles. The van der Waals surface area contributed by atoms with Crippen LogP contribution in [0.15, 0.2) is 17.9 Å². The molecule has 66 valence electrons. The lowest BCUT2D eigenvalue weighted by Crippen LogP contribution is -2.05. The summed E-state index contributed by atoms with van der Waals surface area (Å²) in [7, 11) is 0. The number of nitrogens with zero attached hydrogens (tertiary/aromatic N) is 3. The summed E-state index contributed by atoms with van der Waals surface area (Å²) >= 11 is 1.45. The highest BCUT2D eigenvalue weighted by Crippen LogP contribution is 2.06. The molecule has 0 spiro atoms. The molecule has 0 bridgehead atoms. The molecule has 6 heteroatoms. The van der Waals surface area contributed by atoms with Crippen LogP contribution in [0.3, 0.4) is 0 Å². The fourth-order valence-electron chi connectivity index (χ4n) is 0.901. The maximum absolute atomic E-state index is 11.4. The molecule has 2 aromatic rings. The maximum Gasteiger partial charge on any atom is 0.206 e. The maximum atomic E-state index is 11.4. The van der Waals surface area contributed by atoms with E-state index in [0.717, 1.165) is 5.01 Å². The van der Waals surface area contributed by atoms with Gasteiger partial charge in [-0.05, 0) is 0 Å². The number of Topliss-reactive ketones (excluding diaryl/α,β-unsaturated/α-hetero) is 1. The first-order chi connectivity index (χ1) is 6.36. The Bertz CT molecular complexity index is 381. The topological polar surface area (TPSA) is 71.5 Å². The van der Waals surface area contributed by atoms with Crippen LogP contribution in [-0.4, -0.2) is 25.9 Å². The van der Waals surface area contributed by atoms with E-state index in [2.05, 4.69) is 20.2 Å². The molecule has 0 radical (unpaired) electrons. The number of ketones is 1. The molecule has 0 aliphatic carbocycles. The largest absolute Gasteiger partial charge is 0.290 e. The zero-order valence-electron chi connectivity index (χ0n) is 6.60. The lowest BCUT2D eigenvalue weighted by Gasteiger charge is -1.90. The Morgan fingerprint density at radius 3 is 3.08 bits per heavy atom. The Morgan fingerprint density at radius 1 is 1.54 bits per heavy atom. The van der Waals surface area contributed by atoms with Crippen molar-refractivity contribution in [3.8, 4) is 0 Å². The average molecular weight is 194 g/mol. The summed E-state index contributed by atoms with van der Waals surface area (Å²) in [5.41, 5.74) is 0. The summed E-state index contributed by atoms with van der Waals surface area (Å²) in [4.78, 5) is 19.2. The van der Waals surface area contributed by atoms with E-state index in [9.17, 15) is 4.79 Å². The Kier molecular flexibility index (Phi) is 2.13. The van der Waals surface area contributed by atoms with Gasteiger partial charge in [0.2, 0.25) is 5.78 Å². The van der Waals surface area contributed by atoms with Gasteiger partial charge in [0, 0.05) is 11.6 Å². The summed E-state index contributed by atoms with van der Waals surface area (Å²) in [6.45, 7) is 0. The molecule has 0 amide bonds. The van der Waals surface area contributed by atoms with E-state index < -0.39 is 0 Å². The second-order valence-electron chi connectivity index (χ2n) is 2.36. The van der Waals surface area contributed by atoms with Gasteiger partial charge in [-0.2, -0.15) is 5.10 Å². The van der Waals surface area contributed by atoms with Gasteiger partial charge in [-0.25, -0.2) is 9.97 Å². The van der Waals surface area contributed by atoms with E-state index in [1.807, 2.05) is 5.38 Å². The van der Waals surface area contributed by atoms with Crippen LogP contribution in [-0.2, 0) is 6.42 Å². The summed E-state index contributed by atoms with van der Waals surface area (Å²) in [5.74, 6) is 0.197. The monoisotopic (exact) mass is 194 g/mol. The van der Waals surface area contributed by atoms with Crippen LogP contribution in [0.4, 0.5) is 0 Å². The van der Waals surface area contributed by atoms with E-state index >= 15 is 0 Å². The van der Waals surface area contributed by atoms with E-state index in [-0.39, 0.29) is 18.0 Å². The van der Waals surface area contributed by atoms with E-state index in [4.69, 9.17) is 0 Å².